The van der Waals surface area contributed by atoms with Crippen molar-refractivity contribution in [3.63, 3.8) is 0 Å². The molecule has 0 aliphatic rings. The number of hydrogen-bond acceptors (Lipinski definition) is 3. The van der Waals surface area contributed by atoms with Gasteiger partial charge in [0, 0.05) is 18.7 Å². The fourth-order valence-corrected chi connectivity index (χ4v) is 1.96. The number of nitriles is 1. The SMILES string of the molecule is CC(C)(C)CC(O)CNCc1cccc(C#N)c1F. The summed E-state index contributed by atoms with van der Waals surface area (Å²) in [4.78, 5) is 0. The van der Waals surface area contributed by atoms with Gasteiger partial charge in [0.15, 0.2) is 0 Å². The Bertz CT molecular complexity index is 460. The molecule has 0 amide bonds. The van der Waals surface area contributed by atoms with Gasteiger partial charge in [-0.05, 0) is 17.9 Å². The van der Waals surface area contributed by atoms with Crippen LogP contribution in [0.5, 0.6) is 0 Å². The molecule has 0 aliphatic heterocycles. The molecule has 19 heavy (non-hydrogen) atoms. The Morgan fingerprint density at radius 3 is 2.68 bits per heavy atom. The monoisotopic (exact) mass is 264 g/mol. The van der Waals surface area contributed by atoms with E-state index in [2.05, 4.69) is 26.1 Å². The summed E-state index contributed by atoms with van der Waals surface area (Å²) < 4.78 is 13.7. The summed E-state index contributed by atoms with van der Waals surface area (Å²) in [7, 11) is 0. The molecule has 0 saturated heterocycles. The summed E-state index contributed by atoms with van der Waals surface area (Å²) in [6.07, 6.45) is 0.225. The second-order valence-electron chi connectivity index (χ2n) is 5.94. The standard InChI is InChI=1S/C15H21FN2O/c1-15(2,3)7-13(19)10-18-9-12-6-4-5-11(8-17)14(12)16/h4-6,13,18-19H,7,9-10H2,1-3H3. The Morgan fingerprint density at radius 2 is 2.11 bits per heavy atom. The Kier molecular flexibility index (Phi) is 5.46. The fraction of sp³-hybridized carbons (Fsp3) is 0.533. The molecule has 1 aromatic rings. The maximum absolute atomic E-state index is 13.7. The van der Waals surface area contributed by atoms with Crippen molar-refractivity contribution in [3.05, 3.63) is 35.1 Å². The highest BCUT2D eigenvalue weighted by atomic mass is 19.1. The molecule has 4 heteroatoms. The molecule has 0 heterocycles. The van der Waals surface area contributed by atoms with Crippen LogP contribution in [0.3, 0.4) is 0 Å². The highest BCUT2D eigenvalue weighted by Gasteiger charge is 2.16. The van der Waals surface area contributed by atoms with E-state index in [0.29, 0.717) is 25.1 Å². The van der Waals surface area contributed by atoms with Crippen molar-refractivity contribution in [1.29, 1.82) is 5.26 Å². The lowest BCUT2D eigenvalue weighted by molar-refractivity contribution is 0.119. The first kappa shape index (κ1) is 15.6. The maximum Gasteiger partial charge on any atom is 0.145 e. The van der Waals surface area contributed by atoms with E-state index in [1.165, 1.54) is 6.07 Å². The first-order valence-electron chi connectivity index (χ1n) is 6.40. The van der Waals surface area contributed by atoms with E-state index in [1.807, 2.05) is 6.07 Å². The Hall–Kier alpha value is -1.44. The molecular formula is C15H21FN2O. The van der Waals surface area contributed by atoms with Crippen molar-refractivity contribution < 1.29 is 9.50 Å². The molecule has 0 radical (unpaired) electrons. The lowest BCUT2D eigenvalue weighted by atomic mass is 9.89. The summed E-state index contributed by atoms with van der Waals surface area (Å²) in [5.74, 6) is -0.484. The third kappa shape index (κ3) is 5.37. The molecule has 0 spiro atoms. The largest absolute Gasteiger partial charge is 0.392 e. The molecule has 0 fully saturated rings. The first-order chi connectivity index (χ1) is 8.83. The highest BCUT2D eigenvalue weighted by molar-refractivity contribution is 5.34. The van der Waals surface area contributed by atoms with Crippen LogP contribution in [0.25, 0.3) is 0 Å². The van der Waals surface area contributed by atoms with Crippen molar-refractivity contribution in [1.82, 2.24) is 5.32 Å². The number of rotatable bonds is 5. The van der Waals surface area contributed by atoms with E-state index >= 15 is 0 Å². The van der Waals surface area contributed by atoms with Crippen LogP contribution in [0.15, 0.2) is 18.2 Å². The van der Waals surface area contributed by atoms with Gasteiger partial charge in [0.1, 0.15) is 11.9 Å². The molecule has 1 rings (SSSR count). The highest BCUT2D eigenvalue weighted by Crippen LogP contribution is 2.20. The van der Waals surface area contributed by atoms with Crippen LogP contribution in [0.2, 0.25) is 0 Å². The fourth-order valence-electron chi connectivity index (χ4n) is 1.96. The van der Waals surface area contributed by atoms with E-state index in [-0.39, 0.29) is 11.0 Å². The number of hydrogen-bond donors (Lipinski definition) is 2. The van der Waals surface area contributed by atoms with Crippen molar-refractivity contribution in [2.24, 2.45) is 5.41 Å². The molecule has 1 atom stereocenters. The maximum atomic E-state index is 13.7. The number of aliphatic hydroxyl groups excluding tert-OH is 1. The molecule has 0 aliphatic carbocycles. The third-order valence-corrected chi connectivity index (χ3v) is 2.74. The van der Waals surface area contributed by atoms with Gasteiger partial charge in [-0.15, -0.1) is 0 Å². The van der Waals surface area contributed by atoms with Crippen LogP contribution in [0.1, 0.15) is 38.3 Å². The van der Waals surface area contributed by atoms with Crippen LogP contribution in [0, 0.1) is 22.6 Å². The van der Waals surface area contributed by atoms with Crippen molar-refractivity contribution >= 4 is 0 Å². The van der Waals surface area contributed by atoms with Gasteiger partial charge in [-0.2, -0.15) is 5.26 Å². The van der Waals surface area contributed by atoms with Gasteiger partial charge < -0.3 is 10.4 Å². The van der Waals surface area contributed by atoms with Crippen LogP contribution in [-0.2, 0) is 6.54 Å². The molecular weight excluding hydrogens is 243 g/mol. The predicted molar refractivity (Wildman–Crippen MR) is 72.9 cm³/mol. The van der Waals surface area contributed by atoms with E-state index in [0.717, 1.165) is 0 Å². The summed E-state index contributed by atoms with van der Waals surface area (Å²) in [5.41, 5.74) is 0.559. The Labute approximate surface area is 114 Å². The van der Waals surface area contributed by atoms with Gasteiger partial charge in [-0.1, -0.05) is 32.9 Å². The lowest BCUT2D eigenvalue weighted by Gasteiger charge is -2.22. The van der Waals surface area contributed by atoms with Crippen molar-refractivity contribution in [2.75, 3.05) is 6.54 Å². The molecule has 0 bridgehead atoms. The van der Waals surface area contributed by atoms with Crippen molar-refractivity contribution in [2.45, 2.75) is 39.8 Å². The summed E-state index contributed by atoms with van der Waals surface area (Å²) in [6.45, 7) is 6.90. The lowest BCUT2D eigenvalue weighted by Crippen LogP contribution is -2.30. The van der Waals surface area contributed by atoms with Gasteiger partial charge in [0.05, 0.1) is 11.7 Å². The minimum atomic E-state index is -0.484. The molecule has 0 aromatic heterocycles. The molecule has 1 aromatic carbocycles. The second kappa shape index (κ2) is 6.65. The smallest absolute Gasteiger partial charge is 0.145 e. The summed E-state index contributed by atoms with van der Waals surface area (Å²) in [6, 6.07) is 6.56. The number of nitrogens with zero attached hydrogens (tertiary/aromatic N) is 1. The molecule has 2 N–H and O–H groups in total. The first-order valence-corrected chi connectivity index (χ1v) is 6.40. The van der Waals surface area contributed by atoms with Crippen molar-refractivity contribution in [3.8, 4) is 6.07 Å². The third-order valence-electron chi connectivity index (χ3n) is 2.74. The number of aliphatic hydroxyl groups is 1. The molecule has 0 saturated carbocycles. The van der Waals surface area contributed by atoms with Crippen LogP contribution in [0.4, 0.5) is 4.39 Å². The topological polar surface area (TPSA) is 56.0 Å². The predicted octanol–water partition coefficient (Wildman–Crippen LogP) is 2.58. The Balaban J connectivity index is 2.48. The average Bonchev–Trinajstić information content (AvgIpc) is 2.29. The normalized spacial score (nSPS) is 13.1. The zero-order valence-electron chi connectivity index (χ0n) is 11.7. The molecule has 104 valence electrons. The van der Waals surface area contributed by atoms with E-state index in [4.69, 9.17) is 5.26 Å². The molecule has 3 nitrogen and oxygen atoms in total. The number of benzene rings is 1. The van der Waals surface area contributed by atoms with Gasteiger partial charge >= 0.3 is 0 Å². The van der Waals surface area contributed by atoms with Gasteiger partial charge in [-0.3, -0.25) is 0 Å². The summed E-state index contributed by atoms with van der Waals surface area (Å²) in [5, 5.41) is 21.6. The van der Waals surface area contributed by atoms with E-state index in [9.17, 15) is 9.50 Å². The quantitative estimate of drug-likeness (QED) is 0.859. The number of nitrogens with one attached hydrogen (secondary N) is 1. The van der Waals surface area contributed by atoms with Crippen LogP contribution >= 0.6 is 0 Å². The Morgan fingerprint density at radius 1 is 1.42 bits per heavy atom. The average molecular weight is 264 g/mol. The van der Waals surface area contributed by atoms with Gasteiger partial charge in [0.2, 0.25) is 0 Å². The van der Waals surface area contributed by atoms with E-state index in [1.54, 1.807) is 12.1 Å². The van der Waals surface area contributed by atoms with Gasteiger partial charge in [-0.25, -0.2) is 4.39 Å². The minimum Gasteiger partial charge on any atom is -0.392 e. The van der Waals surface area contributed by atoms with Crippen LogP contribution < -0.4 is 5.32 Å². The second-order valence-corrected chi connectivity index (χ2v) is 5.94. The molecule has 1 unspecified atom stereocenters. The zero-order chi connectivity index (χ0) is 14.5. The minimum absolute atomic E-state index is 0.0505. The summed E-state index contributed by atoms with van der Waals surface area (Å²) >= 11 is 0. The van der Waals surface area contributed by atoms with E-state index < -0.39 is 11.9 Å². The zero-order valence-corrected chi connectivity index (χ0v) is 11.7. The van der Waals surface area contributed by atoms with Crippen LogP contribution in [-0.4, -0.2) is 17.8 Å². The number of halogens is 1. The van der Waals surface area contributed by atoms with Gasteiger partial charge in [0.25, 0.3) is 0 Å².